The van der Waals surface area contributed by atoms with Gasteiger partial charge in [0.1, 0.15) is 18.2 Å². The van der Waals surface area contributed by atoms with Gasteiger partial charge in [-0.15, -0.1) is 0 Å². The van der Waals surface area contributed by atoms with Gasteiger partial charge in [0.25, 0.3) is 0 Å². The third-order valence-electron chi connectivity index (χ3n) is 2.56. The van der Waals surface area contributed by atoms with E-state index in [0.717, 1.165) is 18.2 Å². The average molecular weight is 280 g/mol. The molecular formula is C15H28N4O. The van der Waals surface area contributed by atoms with Gasteiger partial charge in [-0.3, -0.25) is 14.8 Å². The molecule has 0 aromatic rings. The lowest BCUT2D eigenvalue weighted by molar-refractivity contribution is -0.117. The van der Waals surface area contributed by atoms with Crippen molar-refractivity contribution < 1.29 is 4.79 Å². The molecule has 5 nitrogen and oxygen atoms in total. The molecule has 5 heteroatoms. The number of rotatable bonds is 0. The topological polar surface area (TPSA) is 66.2 Å². The monoisotopic (exact) mass is 280 g/mol. The summed E-state index contributed by atoms with van der Waals surface area (Å²) < 4.78 is 0. The van der Waals surface area contributed by atoms with Gasteiger partial charge in [-0.25, -0.2) is 4.99 Å². The van der Waals surface area contributed by atoms with E-state index in [1.807, 2.05) is 27.0 Å². The van der Waals surface area contributed by atoms with E-state index in [1.54, 1.807) is 0 Å². The molecule has 0 bridgehead atoms. The maximum Gasteiger partial charge on any atom is 0.247 e. The second-order valence-corrected chi connectivity index (χ2v) is 6.69. The van der Waals surface area contributed by atoms with Crippen molar-refractivity contribution in [2.45, 2.75) is 49.0 Å². The minimum atomic E-state index is -0.0217. The molecule has 0 fully saturated rings. The van der Waals surface area contributed by atoms with Gasteiger partial charge in [0.05, 0.1) is 6.54 Å². The van der Waals surface area contributed by atoms with E-state index >= 15 is 0 Å². The largest absolute Gasteiger partial charge is 0.312 e. The van der Waals surface area contributed by atoms with E-state index in [4.69, 9.17) is 0 Å². The Balaban J connectivity index is 0.000000345. The molecule has 1 amide bonds. The zero-order valence-electron chi connectivity index (χ0n) is 12.7. The molecule has 20 heavy (non-hydrogen) atoms. The van der Waals surface area contributed by atoms with E-state index < -0.39 is 0 Å². The van der Waals surface area contributed by atoms with Crippen LogP contribution in [-0.4, -0.2) is 36.9 Å². The first kappa shape index (κ1) is 18.5. The van der Waals surface area contributed by atoms with Crippen LogP contribution in [0.1, 0.15) is 49.0 Å². The summed E-state index contributed by atoms with van der Waals surface area (Å²) in [6.45, 7) is 13.5. The molecular weight excluding hydrogens is 252 g/mol. The van der Waals surface area contributed by atoms with Crippen LogP contribution in [0, 0.1) is 10.8 Å². The first-order valence-electron chi connectivity index (χ1n) is 6.53. The summed E-state index contributed by atoms with van der Waals surface area (Å²) in [7, 11) is 0. The molecule has 0 radical (unpaired) electrons. The number of aliphatic imine (C=N–C) groups is 3. The first-order chi connectivity index (χ1) is 8.60. The molecule has 114 valence electrons. The van der Waals surface area contributed by atoms with Gasteiger partial charge in [0.15, 0.2) is 0 Å². The number of amides is 1. The summed E-state index contributed by atoms with van der Waals surface area (Å²) in [5, 5.41) is 2.70. The SMILES string of the molecule is C.CC(C)(C)C1=NCC(=O)N1.CC(C)(C)C1=NCC=N1. The standard InChI is InChI=1S/C7H12N2O.C7H12N2.CH4/c1-7(2,3)6-8-4-5(10)9-6;1-7(2,3)6-8-4-5-9-6;/h4H2,1-3H3,(H,8,9,10);4H,5H2,1-3H3;1H4. The Morgan fingerprint density at radius 1 is 1.05 bits per heavy atom. The molecule has 2 rings (SSSR count). The molecule has 2 aliphatic rings. The highest BCUT2D eigenvalue weighted by Crippen LogP contribution is 2.18. The minimum Gasteiger partial charge on any atom is -0.312 e. The van der Waals surface area contributed by atoms with Crippen molar-refractivity contribution in [3.63, 3.8) is 0 Å². The Hall–Kier alpha value is -1.52. The summed E-state index contributed by atoms with van der Waals surface area (Å²) in [5.41, 5.74) is 0.110. The van der Waals surface area contributed by atoms with Crippen LogP contribution in [0.25, 0.3) is 0 Å². The Labute approximate surface area is 122 Å². The highest BCUT2D eigenvalue weighted by Gasteiger charge is 2.24. The van der Waals surface area contributed by atoms with Crippen LogP contribution in [-0.2, 0) is 4.79 Å². The molecule has 0 saturated carbocycles. The van der Waals surface area contributed by atoms with Gasteiger partial charge in [0.2, 0.25) is 5.91 Å². The van der Waals surface area contributed by atoms with Crippen LogP contribution in [0.2, 0.25) is 0 Å². The fourth-order valence-electron chi connectivity index (χ4n) is 1.51. The predicted molar refractivity (Wildman–Crippen MR) is 86.9 cm³/mol. The molecule has 2 aliphatic heterocycles. The third-order valence-corrected chi connectivity index (χ3v) is 2.56. The summed E-state index contributed by atoms with van der Waals surface area (Å²) in [6, 6.07) is 0. The van der Waals surface area contributed by atoms with Crippen LogP contribution in [0.15, 0.2) is 15.0 Å². The molecule has 0 unspecified atom stereocenters. The third kappa shape index (κ3) is 5.63. The maximum atomic E-state index is 10.7. The van der Waals surface area contributed by atoms with Gasteiger partial charge in [-0.2, -0.15) is 0 Å². The smallest absolute Gasteiger partial charge is 0.247 e. The normalized spacial score (nSPS) is 17.6. The van der Waals surface area contributed by atoms with Crippen molar-refractivity contribution >= 4 is 23.8 Å². The lowest BCUT2D eigenvalue weighted by Crippen LogP contribution is -2.34. The lowest BCUT2D eigenvalue weighted by atomic mass is 9.95. The zero-order chi connectivity index (χ0) is 14.7. The minimum absolute atomic E-state index is 0. The second kappa shape index (κ2) is 6.77. The van der Waals surface area contributed by atoms with Crippen LogP contribution in [0.3, 0.4) is 0 Å². The van der Waals surface area contributed by atoms with Crippen LogP contribution in [0.4, 0.5) is 0 Å². The van der Waals surface area contributed by atoms with Crippen LogP contribution >= 0.6 is 0 Å². The summed E-state index contributed by atoms with van der Waals surface area (Å²) in [4.78, 5) is 23.1. The highest BCUT2D eigenvalue weighted by molar-refractivity contribution is 6.06. The molecule has 1 N–H and O–H groups in total. The summed E-state index contributed by atoms with van der Waals surface area (Å²) >= 11 is 0. The van der Waals surface area contributed by atoms with E-state index in [2.05, 4.69) is 41.1 Å². The van der Waals surface area contributed by atoms with Gasteiger partial charge in [-0.05, 0) is 0 Å². The van der Waals surface area contributed by atoms with Crippen molar-refractivity contribution in [1.82, 2.24) is 5.32 Å². The van der Waals surface area contributed by atoms with E-state index in [0.29, 0.717) is 6.54 Å². The van der Waals surface area contributed by atoms with E-state index in [9.17, 15) is 4.79 Å². The average Bonchev–Trinajstić information content (AvgIpc) is 2.84. The number of hydrogen-bond acceptors (Lipinski definition) is 4. The molecule has 0 aliphatic carbocycles. The van der Waals surface area contributed by atoms with Crippen molar-refractivity contribution in [2.24, 2.45) is 25.8 Å². The lowest BCUT2D eigenvalue weighted by Gasteiger charge is -2.17. The van der Waals surface area contributed by atoms with Crippen LogP contribution in [0.5, 0.6) is 0 Å². The maximum absolute atomic E-state index is 10.7. The molecule has 0 saturated heterocycles. The summed E-state index contributed by atoms with van der Waals surface area (Å²) in [6.07, 6.45) is 1.85. The Bertz CT molecular complexity index is 434. The fraction of sp³-hybridized carbons (Fsp3) is 0.733. The number of nitrogens with one attached hydrogen (secondary N) is 1. The molecule has 0 aromatic heterocycles. The number of carbonyl (C=O) groups excluding carboxylic acids is 1. The Morgan fingerprint density at radius 2 is 1.65 bits per heavy atom. The number of carbonyl (C=O) groups is 1. The van der Waals surface area contributed by atoms with Gasteiger partial charge < -0.3 is 5.32 Å². The number of hydrogen-bond donors (Lipinski definition) is 1. The van der Waals surface area contributed by atoms with Crippen molar-refractivity contribution in [2.75, 3.05) is 13.1 Å². The summed E-state index contributed by atoms with van der Waals surface area (Å²) in [5.74, 6) is 1.78. The van der Waals surface area contributed by atoms with E-state index in [1.165, 1.54) is 0 Å². The number of amidine groups is 2. The van der Waals surface area contributed by atoms with Gasteiger partial charge in [0, 0.05) is 17.0 Å². The van der Waals surface area contributed by atoms with Crippen molar-refractivity contribution in [1.29, 1.82) is 0 Å². The Morgan fingerprint density at radius 3 is 1.85 bits per heavy atom. The van der Waals surface area contributed by atoms with Crippen LogP contribution < -0.4 is 5.32 Å². The Kier molecular flexibility index (Phi) is 6.26. The van der Waals surface area contributed by atoms with Crippen molar-refractivity contribution in [3.05, 3.63) is 0 Å². The quantitative estimate of drug-likeness (QED) is 0.728. The van der Waals surface area contributed by atoms with Crippen molar-refractivity contribution in [3.8, 4) is 0 Å². The van der Waals surface area contributed by atoms with E-state index in [-0.39, 0.29) is 24.2 Å². The highest BCUT2D eigenvalue weighted by atomic mass is 16.2. The molecule has 0 aromatic carbocycles. The first-order valence-corrected chi connectivity index (χ1v) is 6.53. The second-order valence-electron chi connectivity index (χ2n) is 6.69. The number of nitrogens with zero attached hydrogens (tertiary/aromatic N) is 3. The molecule has 0 atom stereocenters. The predicted octanol–water partition coefficient (Wildman–Crippen LogP) is 2.71. The van der Waals surface area contributed by atoms with Gasteiger partial charge >= 0.3 is 0 Å². The molecule has 0 spiro atoms. The van der Waals surface area contributed by atoms with Gasteiger partial charge in [-0.1, -0.05) is 49.0 Å². The zero-order valence-corrected chi connectivity index (χ0v) is 12.7. The fourth-order valence-corrected chi connectivity index (χ4v) is 1.51. The molecule has 2 heterocycles.